The number of ether oxygens (including phenoxy) is 1. The molecule has 0 bridgehead atoms. The van der Waals surface area contributed by atoms with Crippen LogP contribution in [0.25, 0.3) is 6.08 Å². The fraction of sp³-hybridized carbons (Fsp3) is 0.111. The highest BCUT2D eigenvalue weighted by Crippen LogP contribution is 2.19. The van der Waals surface area contributed by atoms with Crippen molar-refractivity contribution in [1.29, 1.82) is 0 Å². The quantitative estimate of drug-likeness (QED) is 0.611. The topological polar surface area (TPSA) is 63.6 Å². The number of rotatable bonds is 3. The lowest BCUT2D eigenvalue weighted by molar-refractivity contribution is -0.131. The molecule has 0 unspecified atom stereocenters. The van der Waals surface area contributed by atoms with Crippen molar-refractivity contribution in [3.63, 3.8) is 0 Å². The highest BCUT2D eigenvalue weighted by Gasteiger charge is 2.11. The molecule has 1 heterocycles. The molecular weight excluding hydrogens is 204 g/mol. The molecule has 0 spiro atoms. The summed E-state index contributed by atoms with van der Waals surface area (Å²) >= 11 is 1.22. The van der Waals surface area contributed by atoms with Crippen LogP contribution in [0.2, 0.25) is 0 Å². The number of carboxylic acid groups (broad SMARTS) is 1. The molecule has 0 saturated carbocycles. The van der Waals surface area contributed by atoms with Crippen LogP contribution >= 0.6 is 11.3 Å². The molecule has 0 aliphatic carbocycles. The van der Waals surface area contributed by atoms with Crippen molar-refractivity contribution in [3.05, 3.63) is 28.0 Å². The van der Waals surface area contributed by atoms with Gasteiger partial charge in [0.1, 0.15) is 4.88 Å². The monoisotopic (exact) mass is 212 g/mol. The van der Waals surface area contributed by atoms with E-state index in [1.807, 2.05) is 0 Å². The van der Waals surface area contributed by atoms with Crippen LogP contribution in [0.1, 0.15) is 15.2 Å². The molecule has 0 fully saturated rings. The molecule has 0 aliphatic rings. The van der Waals surface area contributed by atoms with Gasteiger partial charge in [0.2, 0.25) is 0 Å². The predicted molar refractivity (Wildman–Crippen MR) is 52.3 cm³/mol. The van der Waals surface area contributed by atoms with E-state index in [1.54, 1.807) is 11.4 Å². The Morgan fingerprint density at radius 3 is 2.86 bits per heavy atom. The summed E-state index contributed by atoms with van der Waals surface area (Å²) in [5.41, 5.74) is 0.559. The molecule has 14 heavy (non-hydrogen) atoms. The van der Waals surface area contributed by atoms with Crippen LogP contribution in [0.5, 0.6) is 0 Å². The summed E-state index contributed by atoms with van der Waals surface area (Å²) in [5.74, 6) is -1.50. The van der Waals surface area contributed by atoms with Crippen molar-refractivity contribution in [2.45, 2.75) is 0 Å². The van der Waals surface area contributed by atoms with E-state index in [4.69, 9.17) is 5.11 Å². The van der Waals surface area contributed by atoms with E-state index in [-0.39, 0.29) is 0 Å². The smallest absolute Gasteiger partial charge is 0.348 e. The molecule has 74 valence electrons. The largest absolute Gasteiger partial charge is 0.478 e. The molecule has 1 N–H and O–H groups in total. The molecule has 1 rings (SSSR count). The van der Waals surface area contributed by atoms with Crippen molar-refractivity contribution in [3.8, 4) is 0 Å². The fourth-order valence-corrected chi connectivity index (χ4v) is 1.67. The lowest BCUT2D eigenvalue weighted by atomic mass is 10.2. The molecule has 1 aromatic rings. The first kappa shape index (κ1) is 10.5. The molecule has 0 saturated heterocycles. The average molecular weight is 212 g/mol. The third-order valence-corrected chi connectivity index (χ3v) is 2.38. The number of carboxylic acids is 1. The highest BCUT2D eigenvalue weighted by atomic mass is 32.1. The summed E-state index contributed by atoms with van der Waals surface area (Å²) in [7, 11) is 1.28. The van der Waals surface area contributed by atoms with E-state index in [0.29, 0.717) is 10.4 Å². The minimum absolute atomic E-state index is 0.407. The second-order valence-corrected chi connectivity index (χ2v) is 3.28. The second-order valence-electron chi connectivity index (χ2n) is 2.37. The van der Waals surface area contributed by atoms with Crippen molar-refractivity contribution in [2.24, 2.45) is 0 Å². The first-order chi connectivity index (χ1) is 6.65. The van der Waals surface area contributed by atoms with E-state index >= 15 is 0 Å². The van der Waals surface area contributed by atoms with Gasteiger partial charge >= 0.3 is 11.9 Å². The Hall–Kier alpha value is -1.62. The van der Waals surface area contributed by atoms with Crippen LogP contribution in [0.3, 0.4) is 0 Å². The lowest BCUT2D eigenvalue weighted by Crippen LogP contribution is -1.99. The van der Waals surface area contributed by atoms with Crippen molar-refractivity contribution >= 4 is 29.4 Å². The summed E-state index contributed by atoms with van der Waals surface area (Å²) in [6.45, 7) is 0. The van der Waals surface area contributed by atoms with Gasteiger partial charge in [0.25, 0.3) is 0 Å². The van der Waals surface area contributed by atoms with Gasteiger partial charge in [0.15, 0.2) is 0 Å². The van der Waals surface area contributed by atoms with Crippen LogP contribution in [0.4, 0.5) is 0 Å². The van der Waals surface area contributed by atoms with Gasteiger partial charge in [-0.25, -0.2) is 9.59 Å². The average Bonchev–Trinajstić information content (AvgIpc) is 2.61. The van der Waals surface area contributed by atoms with Crippen LogP contribution in [0.15, 0.2) is 17.5 Å². The summed E-state index contributed by atoms with van der Waals surface area (Å²) in [6.07, 6.45) is 2.35. The summed E-state index contributed by atoms with van der Waals surface area (Å²) in [6, 6.07) is 1.66. The lowest BCUT2D eigenvalue weighted by Gasteiger charge is -1.95. The Bertz CT molecular complexity index is 378. The molecule has 0 radical (unpaired) electrons. The van der Waals surface area contributed by atoms with Crippen molar-refractivity contribution in [2.75, 3.05) is 7.11 Å². The van der Waals surface area contributed by atoms with Crippen LogP contribution in [-0.4, -0.2) is 24.2 Å². The fourth-order valence-electron chi connectivity index (χ4n) is 0.870. The van der Waals surface area contributed by atoms with Gasteiger partial charge in [-0.1, -0.05) is 0 Å². The summed E-state index contributed by atoms with van der Waals surface area (Å²) < 4.78 is 4.53. The van der Waals surface area contributed by atoms with E-state index < -0.39 is 11.9 Å². The van der Waals surface area contributed by atoms with Gasteiger partial charge in [-0.05, 0) is 17.5 Å². The van der Waals surface area contributed by atoms with Gasteiger partial charge in [-0.15, -0.1) is 11.3 Å². The first-order valence-corrected chi connectivity index (χ1v) is 4.60. The summed E-state index contributed by atoms with van der Waals surface area (Å²) in [4.78, 5) is 21.8. The zero-order valence-electron chi connectivity index (χ0n) is 7.39. The number of hydrogen-bond donors (Lipinski definition) is 1. The van der Waals surface area contributed by atoms with Crippen molar-refractivity contribution in [1.82, 2.24) is 0 Å². The number of aliphatic carboxylic acids is 1. The number of carbonyl (C=O) groups is 2. The predicted octanol–water partition coefficient (Wildman–Crippen LogP) is 1.63. The van der Waals surface area contributed by atoms with Crippen LogP contribution < -0.4 is 0 Å². The van der Waals surface area contributed by atoms with Crippen LogP contribution in [0, 0.1) is 0 Å². The molecule has 0 amide bonds. The molecular formula is C9H8O4S. The maximum atomic E-state index is 11.1. The summed E-state index contributed by atoms with van der Waals surface area (Å²) in [5, 5.41) is 10.1. The molecule has 5 heteroatoms. The van der Waals surface area contributed by atoms with Gasteiger partial charge in [0, 0.05) is 11.6 Å². The Morgan fingerprint density at radius 2 is 2.29 bits per heavy atom. The van der Waals surface area contributed by atoms with Crippen molar-refractivity contribution < 1.29 is 19.4 Å². The van der Waals surface area contributed by atoms with E-state index in [2.05, 4.69) is 4.74 Å². The van der Waals surface area contributed by atoms with E-state index in [1.165, 1.54) is 24.5 Å². The Kier molecular flexibility index (Phi) is 3.41. The second kappa shape index (κ2) is 4.57. The van der Waals surface area contributed by atoms with Gasteiger partial charge in [0.05, 0.1) is 7.11 Å². The first-order valence-electron chi connectivity index (χ1n) is 3.72. The number of carbonyl (C=O) groups excluding carboxylic acids is 1. The third-order valence-electron chi connectivity index (χ3n) is 1.47. The van der Waals surface area contributed by atoms with Gasteiger partial charge in [-0.2, -0.15) is 0 Å². The Morgan fingerprint density at radius 1 is 1.57 bits per heavy atom. The minimum atomic E-state index is -1.05. The number of thiophene rings is 1. The van der Waals surface area contributed by atoms with Crippen LogP contribution in [-0.2, 0) is 9.53 Å². The molecule has 4 nitrogen and oxygen atoms in total. The zero-order valence-corrected chi connectivity index (χ0v) is 8.21. The highest BCUT2D eigenvalue weighted by molar-refractivity contribution is 7.12. The number of hydrogen-bond acceptors (Lipinski definition) is 4. The maximum absolute atomic E-state index is 11.1. The minimum Gasteiger partial charge on any atom is -0.478 e. The Balaban J connectivity index is 2.93. The molecule has 1 aromatic heterocycles. The van der Waals surface area contributed by atoms with Gasteiger partial charge < -0.3 is 9.84 Å². The van der Waals surface area contributed by atoms with E-state index in [9.17, 15) is 9.59 Å². The molecule has 0 atom stereocenters. The van der Waals surface area contributed by atoms with E-state index in [0.717, 1.165) is 6.08 Å². The Labute approximate surface area is 84.4 Å². The normalized spacial score (nSPS) is 10.4. The molecule has 0 aliphatic heterocycles. The van der Waals surface area contributed by atoms with Gasteiger partial charge in [-0.3, -0.25) is 0 Å². The zero-order chi connectivity index (χ0) is 10.6. The number of methoxy groups -OCH3 is 1. The standard InChI is InChI=1S/C9H8O4S/c1-13-9(12)8-6(4-5-14-8)2-3-7(10)11/h2-5H,1H3,(H,10,11). The molecule has 0 aromatic carbocycles. The maximum Gasteiger partial charge on any atom is 0.348 e. The SMILES string of the molecule is COC(=O)c1sccc1C=CC(=O)O. The number of esters is 1. The third kappa shape index (κ3) is 2.43.